The summed E-state index contributed by atoms with van der Waals surface area (Å²) in [6.45, 7) is 4.44. The number of hydrogen-bond acceptors (Lipinski definition) is 15. The molecule has 5 atom stereocenters. The van der Waals surface area contributed by atoms with Crippen molar-refractivity contribution in [1.82, 2.24) is 0 Å². The Morgan fingerprint density at radius 2 is 0.473 bits per heavy atom. The van der Waals surface area contributed by atoms with Gasteiger partial charge in [-0.05, 0) is 173 Å². The molecule has 0 rings (SSSR count). The van der Waals surface area contributed by atoms with Crippen LogP contribution in [0.15, 0.2) is 170 Å². The molecule has 19 heteroatoms. The summed E-state index contributed by atoms with van der Waals surface area (Å²) in [5.74, 6) is -2.26. The molecule has 17 nitrogen and oxygen atoms in total. The third-order valence-electron chi connectivity index (χ3n) is 17.2. The van der Waals surface area contributed by atoms with Gasteiger partial charge in [-0.25, -0.2) is 9.13 Å². The number of phosphoric acid groups is 2. The predicted molar refractivity (Wildman–Crippen MR) is 454 cm³/mol. The number of esters is 4. The van der Waals surface area contributed by atoms with E-state index in [0.29, 0.717) is 25.7 Å². The van der Waals surface area contributed by atoms with E-state index in [0.717, 1.165) is 225 Å². The molecule has 0 bridgehead atoms. The van der Waals surface area contributed by atoms with E-state index in [1.54, 1.807) is 0 Å². The van der Waals surface area contributed by atoms with E-state index in [1.165, 1.54) is 19.3 Å². The fourth-order valence-electron chi connectivity index (χ4n) is 10.8. The van der Waals surface area contributed by atoms with Crippen LogP contribution in [0.4, 0.5) is 0 Å². The van der Waals surface area contributed by atoms with Crippen molar-refractivity contribution in [2.45, 2.75) is 341 Å². The summed E-state index contributed by atoms with van der Waals surface area (Å²) < 4.78 is 68.8. The summed E-state index contributed by atoms with van der Waals surface area (Å²) in [5.41, 5.74) is 0. The van der Waals surface area contributed by atoms with Crippen molar-refractivity contribution < 1.29 is 80.2 Å². The number of allylic oxidation sites excluding steroid dienone is 28. The van der Waals surface area contributed by atoms with Crippen LogP contribution in [-0.2, 0) is 65.4 Å². The number of aliphatic hydroxyl groups excluding tert-OH is 1. The lowest BCUT2D eigenvalue weighted by Crippen LogP contribution is -2.30. The Kier molecular flexibility index (Phi) is 77.3. The molecule has 0 spiro atoms. The Hall–Kier alpha value is -5.58. The molecule has 0 radical (unpaired) electrons. The number of carbonyl (C=O) groups is 4. The first kappa shape index (κ1) is 104. The van der Waals surface area contributed by atoms with E-state index in [-0.39, 0.29) is 25.7 Å². The van der Waals surface area contributed by atoms with Gasteiger partial charge < -0.3 is 33.8 Å². The van der Waals surface area contributed by atoms with E-state index in [4.69, 9.17) is 37.0 Å². The van der Waals surface area contributed by atoms with Gasteiger partial charge in [0, 0.05) is 25.7 Å². The van der Waals surface area contributed by atoms with Crippen molar-refractivity contribution in [3.63, 3.8) is 0 Å². The van der Waals surface area contributed by atoms with Gasteiger partial charge in [-0.3, -0.25) is 37.3 Å². The molecule has 0 fully saturated rings. The van der Waals surface area contributed by atoms with Crippen LogP contribution in [-0.4, -0.2) is 96.7 Å². The van der Waals surface area contributed by atoms with Crippen molar-refractivity contribution in [2.24, 2.45) is 0 Å². The second-order valence-electron chi connectivity index (χ2n) is 27.6. The maximum atomic E-state index is 13.1. The molecule has 0 amide bonds. The Bertz CT molecular complexity index is 2750. The van der Waals surface area contributed by atoms with Gasteiger partial charge >= 0.3 is 39.5 Å². The van der Waals surface area contributed by atoms with Gasteiger partial charge in [-0.15, -0.1) is 0 Å². The summed E-state index contributed by atoms with van der Waals surface area (Å²) in [6, 6.07) is 0. The minimum absolute atomic E-state index is 0.0618. The molecule has 0 aromatic heterocycles. The molecule has 626 valence electrons. The summed E-state index contributed by atoms with van der Waals surface area (Å²) in [7, 11) is -10.0. The molecule has 0 aromatic carbocycles. The maximum absolute atomic E-state index is 13.1. The topological polar surface area (TPSA) is 237 Å². The first-order chi connectivity index (χ1) is 53.7. The Morgan fingerprint density at radius 3 is 0.736 bits per heavy atom. The number of aliphatic hydroxyl groups is 1. The highest BCUT2D eigenvalue weighted by Gasteiger charge is 2.30. The Balaban J connectivity index is 5.45. The van der Waals surface area contributed by atoms with E-state index in [1.807, 2.05) is 0 Å². The van der Waals surface area contributed by atoms with Crippen molar-refractivity contribution in [3.05, 3.63) is 170 Å². The molecule has 0 saturated carbocycles. The second-order valence-corrected chi connectivity index (χ2v) is 30.5. The first-order valence-electron chi connectivity index (χ1n) is 42.4. The highest BCUT2D eigenvalue weighted by Crippen LogP contribution is 2.45. The second kappa shape index (κ2) is 81.4. The van der Waals surface area contributed by atoms with Gasteiger partial charge in [-0.1, -0.05) is 294 Å². The number of carbonyl (C=O) groups excluding carboxylic acids is 4. The molecule has 5 unspecified atom stereocenters. The molecule has 0 aliphatic heterocycles. The van der Waals surface area contributed by atoms with Crippen LogP contribution in [0.2, 0.25) is 0 Å². The van der Waals surface area contributed by atoms with Crippen LogP contribution in [0, 0.1) is 0 Å². The molecule has 110 heavy (non-hydrogen) atoms. The maximum Gasteiger partial charge on any atom is 0.472 e. The molecule has 0 aliphatic carbocycles. The summed E-state index contributed by atoms with van der Waals surface area (Å²) in [4.78, 5) is 73.3. The van der Waals surface area contributed by atoms with Crippen molar-refractivity contribution in [1.29, 1.82) is 0 Å². The Morgan fingerprint density at radius 1 is 0.264 bits per heavy atom. The van der Waals surface area contributed by atoms with E-state index < -0.39 is 97.5 Å². The smallest absolute Gasteiger partial charge is 0.462 e. The number of rotatable bonds is 78. The highest BCUT2D eigenvalue weighted by molar-refractivity contribution is 7.47. The molecule has 3 N–H and O–H groups in total. The number of phosphoric ester groups is 2. The van der Waals surface area contributed by atoms with Crippen molar-refractivity contribution in [2.75, 3.05) is 39.6 Å². The van der Waals surface area contributed by atoms with Gasteiger partial charge in [0.1, 0.15) is 19.3 Å². The summed E-state index contributed by atoms with van der Waals surface area (Å²) in [5, 5.41) is 10.7. The lowest BCUT2D eigenvalue weighted by Gasteiger charge is -2.21. The lowest BCUT2D eigenvalue weighted by atomic mass is 10.1. The van der Waals surface area contributed by atoms with Crippen LogP contribution in [0.3, 0.4) is 0 Å². The van der Waals surface area contributed by atoms with Gasteiger partial charge in [0.15, 0.2) is 12.2 Å². The van der Waals surface area contributed by atoms with Crippen LogP contribution in [0.1, 0.15) is 323 Å². The van der Waals surface area contributed by atoms with Crippen LogP contribution in [0.5, 0.6) is 0 Å². The molecule has 0 aromatic rings. The zero-order valence-corrected chi connectivity index (χ0v) is 70.4. The normalized spacial score (nSPS) is 14.6. The third-order valence-corrected chi connectivity index (χ3v) is 19.1. The molecule has 0 aliphatic rings. The largest absolute Gasteiger partial charge is 0.472 e. The van der Waals surface area contributed by atoms with E-state index >= 15 is 0 Å². The van der Waals surface area contributed by atoms with Gasteiger partial charge in [0.25, 0.3) is 0 Å². The van der Waals surface area contributed by atoms with Crippen molar-refractivity contribution >= 4 is 39.5 Å². The minimum Gasteiger partial charge on any atom is -0.462 e. The number of ether oxygens (including phenoxy) is 4. The predicted octanol–water partition coefficient (Wildman–Crippen LogP) is 25.3. The van der Waals surface area contributed by atoms with Crippen LogP contribution in [0.25, 0.3) is 0 Å². The Labute approximate surface area is 667 Å². The van der Waals surface area contributed by atoms with Gasteiger partial charge in [0.05, 0.1) is 26.4 Å². The standard InChI is InChI=1S/C91H150O17P2/c1-5-9-13-17-21-25-29-33-37-40-42-45-48-51-55-59-63-67-71-75-88(93)101-81-86(107-90(95)77-73-69-65-61-57-53-47-36-32-28-24-20-16-12-8-4)83-105-109(97,98)103-79-85(92)80-104-110(99,100)106-84-87(108-91(96)78-74-70-66-62-58-54-50-44-39-35-31-27-23-19-15-11-7-3)82-102-89(94)76-72-68-64-60-56-52-49-46-43-41-38-34-30-26-22-18-14-10-6-2/h9,11-13,15-16,21-28,33-39,42-43,45-47,51,55,85-87,92H,5-8,10,14,17-20,29-32,40-41,44,48-50,52-54,56-84H2,1-4H3,(H,97,98)(H,99,100)/b13-9-,15-11-,16-12-,25-21-,26-22-,27-23-,28-24-,37-33-,38-34-,39-35-,45-42-,46-43-,47-36-,55-51-. The van der Waals surface area contributed by atoms with E-state index in [2.05, 4.69) is 198 Å². The van der Waals surface area contributed by atoms with Gasteiger partial charge in [0.2, 0.25) is 0 Å². The number of hydrogen-bond donors (Lipinski definition) is 3. The van der Waals surface area contributed by atoms with Crippen molar-refractivity contribution in [3.8, 4) is 0 Å². The monoisotopic (exact) mass is 1580 g/mol. The average molecular weight is 1580 g/mol. The molecular formula is C91H150O17P2. The quantitative estimate of drug-likeness (QED) is 0.0169. The third kappa shape index (κ3) is 80.5. The summed E-state index contributed by atoms with van der Waals surface area (Å²) >= 11 is 0. The first-order valence-corrected chi connectivity index (χ1v) is 45.4. The molecule has 0 heterocycles. The molecule has 0 saturated heterocycles. The SMILES string of the molecule is CC/C=C\C/C=C\C/C=C\C/C=C\C/C=C\CCCCCC(=O)OCC(COP(=O)(O)OCC(O)COP(=O)(O)OCC(COC(=O)CCCCCCCC/C=C\C/C=C\C/C=C\CCCCC)OC(=O)CCCCCCCCC/C=C\C/C=C\C/C=C\CC)OC(=O)CCCCCCC/C=C\C/C=C\C/C=C\CC. The lowest BCUT2D eigenvalue weighted by molar-refractivity contribution is -0.161. The minimum atomic E-state index is -5.00. The van der Waals surface area contributed by atoms with Crippen LogP contribution < -0.4 is 0 Å². The number of unbranched alkanes of at least 4 members (excludes halogenated alkanes) is 24. The average Bonchev–Trinajstić information content (AvgIpc) is 0.899. The zero-order valence-electron chi connectivity index (χ0n) is 68.6. The highest BCUT2D eigenvalue weighted by atomic mass is 31.2. The van der Waals surface area contributed by atoms with E-state index in [9.17, 15) is 43.2 Å². The zero-order chi connectivity index (χ0) is 80.3. The van der Waals surface area contributed by atoms with Crippen LogP contribution >= 0.6 is 15.6 Å². The fraction of sp³-hybridized carbons (Fsp3) is 0.648. The fourth-order valence-corrected chi connectivity index (χ4v) is 12.4. The summed E-state index contributed by atoms with van der Waals surface area (Å²) in [6.07, 6.45) is 97.4. The molecular weight excluding hydrogens is 1430 g/mol. The van der Waals surface area contributed by atoms with Gasteiger partial charge in [-0.2, -0.15) is 0 Å².